The van der Waals surface area contributed by atoms with Crippen molar-refractivity contribution in [1.82, 2.24) is 4.90 Å². The summed E-state index contributed by atoms with van der Waals surface area (Å²) in [5.74, 6) is 0.258. The Hall–Kier alpha value is -4.44. The molecule has 1 heterocycles. The van der Waals surface area contributed by atoms with Crippen molar-refractivity contribution < 1.29 is 28.6 Å². The Balaban J connectivity index is 1.58. The molecule has 39 heavy (non-hydrogen) atoms. The average molecular weight is 548 g/mol. The van der Waals surface area contributed by atoms with E-state index in [-0.39, 0.29) is 30.0 Å². The molecule has 4 rings (SSSR count). The number of hydrogen-bond acceptors (Lipinski definition) is 7. The summed E-state index contributed by atoms with van der Waals surface area (Å²) in [6, 6.07) is 20.0. The number of rotatable bonds is 10. The van der Waals surface area contributed by atoms with Gasteiger partial charge in [0.25, 0.3) is 5.91 Å². The summed E-state index contributed by atoms with van der Waals surface area (Å²) in [7, 11) is 3.15. The first-order valence-electron chi connectivity index (χ1n) is 12.3. The third-order valence-corrected chi connectivity index (χ3v) is 6.64. The third kappa shape index (κ3) is 6.35. The van der Waals surface area contributed by atoms with Crippen LogP contribution in [0.15, 0.2) is 72.8 Å². The van der Waals surface area contributed by atoms with Gasteiger partial charge in [0.1, 0.15) is 17.5 Å². The first-order chi connectivity index (χ1) is 18.8. The molecule has 9 nitrogen and oxygen atoms in total. The second kappa shape index (κ2) is 12.4. The van der Waals surface area contributed by atoms with Crippen molar-refractivity contribution in [2.45, 2.75) is 25.9 Å². The molecule has 1 N–H and O–H groups in total. The fourth-order valence-electron chi connectivity index (χ4n) is 4.20. The number of benzene rings is 3. The van der Waals surface area contributed by atoms with Crippen LogP contribution in [0.1, 0.15) is 29.3 Å². The van der Waals surface area contributed by atoms with Gasteiger partial charge in [0, 0.05) is 12.2 Å². The molecule has 3 aromatic carbocycles. The topological polar surface area (TPSA) is 97.4 Å². The number of methoxy groups -OCH3 is 2. The summed E-state index contributed by atoms with van der Waals surface area (Å²) in [4.78, 5) is 41.9. The highest BCUT2D eigenvalue weighted by Gasteiger charge is 2.44. The average Bonchev–Trinajstić information content (AvgIpc) is 3.17. The fourth-order valence-corrected chi connectivity index (χ4v) is 4.59. The van der Waals surface area contributed by atoms with Crippen LogP contribution >= 0.6 is 12.2 Å². The van der Waals surface area contributed by atoms with Gasteiger partial charge < -0.3 is 24.4 Å². The highest BCUT2D eigenvalue weighted by atomic mass is 32.1. The van der Waals surface area contributed by atoms with Crippen molar-refractivity contribution in [3.63, 3.8) is 0 Å². The van der Waals surface area contributed by atoms with Crippen molar-refractivity contribution in [3.8, 4) is 11.5 Å². The Bertz CT molecular complexity index is 1340. The molecular formula is C29H29N3O6S. The number of carbonyl (C=O) groups excluding carboxylic acids is 3. The van der Waals surface area contributed by atoms with Crippen LogP contribution in [-0.4, -0.2) is 54.7 Å². The first kappa shape index (κ1) is 27.6. The molecule has 0 unspecified atom stereocenters. The van der Waals surface area contributed by atoms with E-state index >= 15 is 0 Å². The molecule has 0 bridgehead atoms. The van der Waals surface area contributed by atoms with E-state index in [9.17, 15) is 14.4 Å². The minimum atomic E-state index is -0.831. The molecule has 2 amide bonds. The van der Waals surface area contributed by atoms with Crippen LogP contribution in [0, 0.1) is 0 Å². The van der Waals surface area contributed by atoms with Crippen LogP contribution in [0.25, 0.3) is 0 Å². The van der Waals surface area contributed by atoms with Crippen LogP contribution in [0.2, 0.25) is 0 Å². The van der Waals surface area contributed by atoms with E-state index in [0.717, 1.165) is 5.56 Å². The highest BCUT2D eigenvalue weighted by Crippen LogP contribution is 2.30. The van der Waals surface area contributed by atoms with Gasteiger partial charge in [-0.25, -0.2) is 4.79 Å². The molecular weight excluding hydrogens is 518 g/mol. The van der Waals surface area contributed by atoms with Gasteiger partial charge in [-0.2, -0.15) is 0 Å². The van der Waals surface area contributed by atoms with E-state index in [1.165, 1.54) is 4.90 Å². The molecule has 1 saturated heterocycles. The van der Waals surface area contributed by atoms with E-state index in [1.54, 1.807) is 74.6 Å². The number of esters is 1. The number of thiocarbonyl (C=S) groups is 1. The van der Waals surface area contributed by atoms with E-state index < -0.39 is 12.0 Å². The van der Waals surface area contributed by atoms with E-state index in [4.69, 9.17) is 26.4 Å². The molecule has 202 valence electrons. The van der Waals surface area contributed by atoms with Crippen molar-refractivity contribution in [2.75, 3.05) is 31.0 Å². The van der Waals surface area contributed by atoms with Gasteiger partial charge in [-0.15, -0.1) is 0 Å². The van der Waals surface area contributed by atoms with Crippen molar-refractivity contribution in [3.05, 3.63) is 83.9 Å². The number of hydrogen-bond donors (Lipinski definition) is 1. The Kier molecular flexibility index (Phi) is 8.77. The van der Waals surface area contributed by atoms with Gasteiger partial charge in [0.15, 0.2) is 5.11 Å². The lowest BCUT2D eigenvalue weighted by Gasteiger charge is -2.24. The summed E-state index contributed by atoms with van der Waals surface area (Å²) in [5, 5.41) is 3.10. The summed E-state index contributed by atoms with van der Waals surface area (Å²) in [5.41, 5.74) is 2.34. The number of carbonyl (C=O) groups is 3. The van der Waals surface area contributed by atoms with Gasteiger partial charge >= 0.3 is 5.97 Å². The maximum absolute atomic E-state index is 13.7. The third-order valence-electron chi connectivity index (χ3n) is 6.22. The largest absolute Gasteiger partial charge is 0.497 e. The molecule has 3 aromatic rings. The standard InChI is InChI=1S/C29H29N3O6S/c1-4-38-28(35)20-7-11-22(12-8-20)32-27(34)25(17-26(33)30-21-9-15-24(37-3)16-10-21)31(29(32)39)18-19-5-13-23(36-2)14-6-19/h5-16,25H,4,17-18H2,1-3H3,(H,30,33)/t25-/m0/s1. The summed E-state index contributed by atoms with van der Waals surface area (Å²) in [6.07, 6.45) is -0.113. The minimum Gasteiger partial charge on any atom is -0.497 e. The van der Waals surface area contributed by atoms with Gasteiger partial charge in [-0.05, 0) is 85.4 Å². The molecule has 1 atom stereocenters. The number of nitrogens with zero attached hydrogens (tertiary/aromatic N) is 2. The van der Waals surface area contributed by atoms with E-state index in [1.807, 2.05) is 24.3 Å². The lowest BCUT2D eigenvalue weighted by atomic mass is 10.1. The monoisotopic (exact) mass is 547 g/mol. The second-order valence-electron chi connectivity index (χ2n) is 8.70. The number of amides is 2. The molecule has 1 aliphatic rings. The van der Waals surface area contributed by atoms with Crippen LogP contribution in [0.5, 0.6) is 11.5 Å². The van der Waals surface area contributed by atoms with Gasteiger partial charge in [-0.1, -0.05) is 12.1 Å². The lowest BCUT2D eigenvalue weighted by molar-refractivity contribution is -0.124. The Morgan fingerprint density at radius 3 is 2.05 bits per heavy atom. The van der Waals surface area contributed by atoms with Gasteiger partial charge in [-0.3, -0.25) is 14.5 Å². The zero-order valence-corrected chi connectivity index (χ0v) is 22.7. The first-order valence-corrected chi connectivity index (χ1v) is 12.7. The van der Waals surface area contributed by atoms with E-state index in [2.05, 4.69) is 5.32 Å². The Morgan fingerprint density at radius 1 is 0.897 bits per heavy atom. The molecule has 0 aliphatic carbocycles. The Morgan fingerprint density at radius 2 is 1.49 bits per heavy atom. The predicted molar refractivity (Wildman–Crippen MR) is 151 cm³/mol. The van der Waals surface area contributed by atoms with Crippen molar-refractivity contribution in [1.29, 1.82) is 0 Å². The van der Waals surface area contributed by atoms with Gasteiger partial charge in [0.05, 0.1) is 38.5 Å². The highest BCUT2D eigenvalue weighted by molar-refractivity contribution is 7.80. The zero-order valence-electron chi connectivity index (χ0n) is 21.9. The molecule has 1 fully saturated rings. The minimum absolute atomic E-state index is 0.113. The lowest BCUT2D eigenvalue weighted by Crippen LogP contribution is -2.37. The summed E-state index contributed by atoms with van der Waals surface area (Å²) < 4.78 is 15.4. The van der Waals surface area contributed by atoms with Crippen LogP contribution < -0.4 is 19.7 Å². The number of ether oxygens (including phenoxy) is 3. The molecule has 0 spiro atoms. The normalized spacial score (nSPS) is 14.8. The molecule has 1 aliphatic heterocycles. The van der Waals surface area contributed by atoms with Gasteiger partial charge in [0.2, 0.25) is 5.91 Å². The zero-order chi connectivity index (χ0) is 27.9. The summed E-state index contributed by atoms with van der Waals surface area (Å²) in [6.45, 7) is 2.30. The maximum atomic E-state index is 13.7. The molecule has 0 aromatic heterocycles. The van der Waals surface area contributed by atoms with Crippen molar-refractivity contribution in [2.24, 2.45) is 0 Å². The number of anilines is 2. The molecule has 0 radical (unpaired) electrons. The number of nitrogens with one attached hydrogen (secondary N) is 1. The van der Waals surface area contributed by atoms with Crippen LogP contribution in [0.4, 0.5) is 11.4 Å². The van der Waals surface area contributed by atoms with Crippen LogP contribution in [-0.2, 0) is 20.9 Å². The van der Waals surface area contributed by atoms with Crippen molar-refractivity contribution >= 4 is 46.5 Å². The quantitative estimate of drug-likeness (QED) is 0.295. The van der Waals surface area contributed by atoms with Crippen LogP contribution in [0.3, 0.4) is 0 Å². The second-order valence-corrected chi connectivity index (χ2v) is 9.06. The summed E-state index contributed by atoms with van der Waals surface area (Å²) >= 11 is 5.75. The Labute approximate surface area is 232 Å². The molecule has 10 heteroatoms. The molecule has 0 saturated carbocycles. The van der Waals surface area contributed by atoms with E-state index in [0.29, 0.717) is 35.0 Å². The predicted octanol–water partition coefficient (Wildman–Crippen LogP) is 4.41. The fraction of sp³-hybridized carbons (Fsp3) is 0.241. The SMILES string of the molecule is CCOC(=O)c1ccc(N2C(=O)[C@H](CC(=O)Nc3ccc(OC)cc3)N(Cc3ccc(OC)cc3)C2=S)cc1. The smallest absolute Gasteiger partial charge is 0.338 e. The maximum Gasteiger partial charge on any atom is 0.338 e.